The first-order chi connectivity index (χ1) is 12.7. The third-order valence-corrected chi connectivity index (χ3v) is 4.93. The summed E-state index contributed by atoms with van der Waals surface area (Å²) in [5.74, 6) is 0.0756. The van der Waals surface area contributed by atoms with Gasteiger partial charge in [0.25, 0.3) is 0 Å². The highest BCUT2D eigenvalue weighted by Gasteiger charge is 2.28. The SMILES string of the molecule is Oc1ccc(N2CCN(C(c3cn[nH]c3)c3ccccc3F)CC2)cc1. The Balaban J connectivity index is 1.55. The summed E-state index contributed by atoms with van der Waals surface area (Å²) < 4.78 is 14.5. The number of H-pyrrole nitrogens is 1. The molecule has 1 aliphatic rings. The molecule has 1 saturated heterocycles. The fourth-order valence-corrected chi connectivity index (χ4v) is 3.60. The maximum atomic E-state index is 14.5. The molecule has 0 spiro atoms. The molecule has 4 rings (SSSR count). The van der Waals surface area contributed by atoms with E-state index >= 15 is 0 Å². The van der Waals surface area contributed by atoms with E-state index in [1.165, 1.54) is 6.07 Å². The van der Waals surface area contributed by atoms with Crippen molar-refractivity contribution in [3.05, 3.63) is 77.9 Å². The summed E-state index contributed by atoms with van der Waals surface area (Å²) in [6.45, 7) is 3.30. The smallest absolute Gasteiger partial charge is 0.128 e. The third kappa shape index (κ3) is 3.28. The molecule has 5 nitrogen and oxygen atoms in total. The lowest BCUT2D eigenvalue weighted by Gasteiger charge is -2.40. The summed E-state index contributed by atoms with van der Waals surface area (Å²) in [6, 6.07) is 14.0. The van der Waals surface area contributed by atoms with Gasteiger partial charge < -0.3 is 10.0 Å². The topological polar surface area (TPSA) is 55.4 Å². The van der Waals surface area contributed by atoms with Gasteiger partial charge in [-0.3, -0.25) is 10.00 Å². The van der Waals surface area contributed by atoms with Crippen molar-refractivity contribution in [1.82, 2.24) is 15.1 Å². The number of nitrogens with zero attached hydrogens (tertiary/aromatic N) is 3. The number of halogens is 1. The van der Waals surface area contributed by atoms with Crippen molar-refractivity contribution in [3.63, 3.8) is 0 Å². The highest BCUT2D eigenvalue weighted by atomic mass is 19.1. The molecule has 2 heterocycles. The van der Waals surface area contributed by atoms with Crippen LogP contribution < -0.4 is 4.90 Å². The Morgan fingerprint density at radius 2 is 1.73 bits per heavy atom. The van der Waals surface area contributed by atoms with Crippen LogP contribution in [0.15, 0.2) is 60.9 Å². The van der Waals surface area contributed by atoms with E-state index in [1.54, 1.807) is 24.4 Å². The van der Waals surface area contributed by atoms with Crippen LogP contribution in [0.3, 0.4) is 0 Å². The third-order valence-electron chi connectivity index (χ3n) is 4.93. The van der Waals surface area contributed by atoms with Gasteiger partial charge in [-0.1, -0.05) is 18.2 Å². The second kappa shape index (κ2) is 7.17. The molecule has 1 unspecified atom stereocenters. The molecule has 2 N–H and O–H groups in total. The van der Waals surface area contributed by atoms with E-state index in [-0.39, 0.29) is 17.6 Å². The first kappa shape index (κ1) is 16.6. The highest BCUT2D eigenvalue weighted by molar-refractivity contribution is 5.49. The summed E-state index contributed by atoms with van der Waals surface area (Å²) in [4.78, 5) is 4.57. The van der Waals surface area contributed by atoms with Gasteiger partial charge in [-0.25, -0.2) is 4.39 Å². The number of phenols is 1. The van der Waals surface area contributed by atoms with Crippen LogP contribution in [-0.4, -0.2) is 46.4 Å². The molecule has 1 atom stereocenters. The van der Waals surface area contributed by atoms with Crippen LogP contribution in [0.2, 0.25) is 0 Å². The van der Waals surface area contributed by atoms with Gasteiger partial charge in [-0.2, -0.15) is 5.10 Å². The number of piperazine rings is 1. The molecule has 26 heavy (non-hydrogen) atoms. The Hall–Kier alpha value is -2.86. The Morgan fingerprint density at radius 3 is 2.38 bits per heavy atom. The van der Waals surface area contributed by atoms with E-state index in [2.05, 4.69) is 20.0 Å². The minimum Gasteiger partial charge on any atom is -0.508 e. The minimum absolute atomic E-state index is 0.156. The normalized spacial score (nSPS) is 16.6. The van der Waals surface area contributed by atoms with Crippen LogP contribution in [0.25, 0.3) is 0 Å². The number of anilines is 1. The fraction of sp³-hybridized carbons (Fsp3) is 0.250. The highest BCUT2D eigenvalue weighted by Crippen LogP contribution is 2.31. The van der Waals surface area contributed by atoms with Crippen molar-refractivity contribution in [2.24, 2.45) is 0 Å². The van der Waals surface area contributed by atoms with Crippen molar-refractivity contribution in [3.8, 4) is 5.75 Å². The predicted molar refractivity (Wildman–Crippen MR) is 98.7 cm³/mol. The lowest BCUT2D eigenvalue weighted by atomic mass is 9.98. The molecule has 2 aromatic carbocycles. The van der Waals surface area contributed by atoms with Gasteiger partial charge in [-0.05, 0) is 30.3 Å². The molecule has 134 valence electrons. The quantitative estimate of drug-likeness (QED) is 0.757. The molecule has 0 aliphatic carbocycles. The molecule has 3 aromatic rings. The van der Waals surface area contributed by atoms with Gasteiger partial charge in [0.05, 0.1) is 12.2 Å². The monoisotopic (exact) mass is 352 g/mol. The first-order valence-electron chi connectivity index (χ1n) is 8.73. The fourth-order valence-electron chi connectivity index (χ4n) is 3.60. The molecule has 0 amide bonds. The maximum Gasteiger partial charge on any atom is 0.128 e. The summed E-state index contributed by atoms with van der Waals surface area (Å²) >= 11 is 0. The standard InChI is InChI=1S/C20H21FN4O/c21-19-4-2-1-3-18(19)20(15-13-22-23-14-15)25-11-9-24(10-12-25)16-5-7-17(26)8-6-16/h1-8,13-14,20,26H,9-12H2,(H,22,23). The second-order valence-corrected chi connectivity index (χ2v) is 6.50. The van der Waals surface area contributed by atoms with Gasteiger partial charge in [-0.15, -0.1) is 0 Å². The summed E-state index contributed by atoms with van der Waals surface area (Å²) in [5, 5.41) is 16.4. The van der Waals surface area contributed by atoms with E-state index in [4.69, 9.17) is 0 Å². The molecule has 0 saturated carbocycles. The van der Waals surface area contributed by atoms with E-state index in [1.807, 2.05) is 30.5 Å². The molecule has 0 radical (unpaired) electrons. The van der Waals surface area contributed by atoms with Crippen LogP contribution in [0, 0.1) is 5.82 Å². The average Bonchev–Trinajstić information content (AvgIpc) is 3.19. The largest absolute Gasteiger partial charge is 0.508 e. The van der Waals surface area contributed by atoms with Crippen molar-refractivity contribution < 1.29 is 9.50 Å². The number of nitrogens with one attached hydrogen (secondary N) is 1. The number of aromatic amines is 1. The average molecular weight is 352 g/mol. The first-order valence-corrected chi connectivity index (χ1v) is 8.73. The van der Waals surface area contributed by atoms with Gasteiger partial charge in [0.15, 0.2) is 0 Å². The van der Waals surface area contributed by atoms with E-state index in [9.17, 15) is 9.50 Å². The lowest BCUT2D eigenvalue weighted by Crippen LogP contribution is -2.48. The van der Waals surface area contributed by atoms with Crippen LogP contribution in [-0.2, 0) is 0 Å². The predicted octanol–water partition coefficient (Wildman–Crippen LogP) is 3.17. The number of hydrogen-bond donors (Lipinski definition) is 2. The van der Waals surface area contributed by atoms with Crippen LogP contribution >= 0.6 is 0 Å². The van der Waals surface area contributed by atoms with Gasteiger partial charge >= 0.3 is 0 Å². The van der Waals surface area contributed by atoms with Crippen molar-refractivity contribution in [2.75, 3.05) is 31.1 Å². The zero-order chi connectivity index (χ0) is 17.9. The van der Waals surface area contributed by atoms with E-state index in [0.717, 1.165) is 37.4 Å². The molecule has 6 heteroatoms. The summed E-state index contributed by atoms with van der Waals surface area (Å²) in [6.07, 6.45) is 3.60. The Morgan fingerprint density at radius 1 is 1.00 bits per heavy atom. The van der Waals surface area contributed by atoms with Gasteiger partial charge in [0.2, 0.25) is 0 Å². The molecular formula is C20H21FN4O. The summed E-state index contributed by atoms with van der Waals surface area (Å²) in [5.41, 5.74) is 2.73. The molecule has 1 aromatic heterocycles. The van der Waals surface area contributed by atoms with Gasteiger partial charge in [0, 0.05) is 49.2 Å². The van der Waals surface area contributed by atoms with Crippen LogP contribution in [0.1, 0.15) is 17.2 Å². The summed E-state index contributed by atoms with van der Waals surface area (Å²) in [7, 11) is 0. The maximum absolute atomic E-state index is 14.5. The molecular weight excluding hydrogens is 331 g/mol. The number of rotatable bonds is 4. The zero-order valence-electron chi connectivity index (χ0n) is 14.3. The molecule has 1 fully saturated rings. The zero-order valence-corrected chi connectivity index (χ0v) is 14.3. The van der Waals surface area contributed by atoms with E-state index < -0.39 is 0 Å². The van der Waals surface area contributed by atoms with Crippen LogP contribution in [0.5, 0.6) is 5.75 Å². The number of phenolic OH excluding ortho intramolecular Hbond substituents is 1. The number of hydrogen-bond acceptors (Lipinski definition) is 4. The Kier molecular flexibility index (Phi) is 4.58. The molecule has 0 bridgehead atoms. The minimum atomic E-state index is -0.195. The van der Waals surface area contributed by atoms with Crippen molar-refractivity contribution in [2.45, 2.75) is 6.04 Å². The number of aromatic hydroxyl groups is 1. The van der Waals surface area contributed by atoms with Gasteiger partial charge in [0.1, 0.15) is 11.6 Å². The van der Waals surface area contributed by atoms with E-state index in [0.29, 0.717) is 5.56 Å². The second-order valence-electron chi connectivity index (χ2n) is 6.50. The van der Waals surface area contributed by atoms with Crippen LogP contribution in [0.4, 0.5) is 10.1 Å². The number of benzene rings is 2. The lowest BCUT2D eigenvalue weighted by molar-refractivity contribution is 0.209. The Bertz CT molecular complexity index is 843. The van der Waals surface area contributed by atoms with Crippen molar-refractivity contribution >= 4 is 5.69 Å². The van der Waals surface area contributed by atoms with Crippen molar-refractivity contribution in [1.29, 1.82) is 0 Å². The Labute approximate surface area is 151 Å². The molecule has 1 aliphatic heterocycles. The number of aromatic nitrogens is 2.